The van der Waals surface area contributed by atoms with Gasteiger partial charge in [0, 0.05) is 21.2 Å². The summed E-state index contributed by atoms with van der Waals surface area (Å²) < 4.78 is 6.21. The highest BCUT2D eigenvalue weighted by Crippen LogP contribution is 2.38. The monoisotopic (exact) mass is 366 g/mol. The molecule has 0 aliphatic rings. The van der Waals surface area contributed by atoms with E-state index < -0.39 is 0 Å². The highest BCUT2D eigenvalue weighted by atomic mass is 79.9. The molecule has 102 valence electrons. The van der Waals surface area contributed by atoms with E-state index in [-0.39, 0.29) is 0 Å². The van der Waals surface area contributed by atoms with Crippen molar-refractivity contribution in [2.45, 2.75) is 22.6 Å². The number of halogens is 1. The fraction of sp³-hybridized carbons (Fsp3) is 0.154. The number of benzene rings is 1. The first-order valence-electron chi connectivity index (χ1n) is 6.01. The van der Waals surface area contributed by atoms with Crippen LogP contribution >= 0.6 is 39.2 Å². The maximum Gasteiger partial charge on any atom is 0.174 e. The van der Waals surface area contributed by atoms with Crippen molar-refractivity contribution in [3.05, 3.63) is 34.7 Å². The van der Waals surface area contributed by atoms with Crippen LogP contribution in [0.3, 0.4) is 0 Å². The normalized spacial score (nSPS) is 11.1. The summed E-state index contributed by atoms with van der Waals surface area (Å²) in [5.41, 5.74) is 7.66. The molecule has 0 aliphatic heterocycles. The number of aryl methyl sites for hydroxylation is 1. The Morgan fingerprint density at radius 3 is 3.00 bits per heavy atom. The van der Waals surface area contributed by atoms with E-state index in [1.54, 1.807) is 18.0 Å². The molecule has 20 heavy (non-hydrogen) atoms. The van der Waals surface area contributed by atoms with Crippen LogP contribution in [0.15, 0.2) is 38.1 Å². The average Bonchev–Trinajstić information content (AvgIpc) is 2.90. The maximum absolute atomic E-state index is 6.08. The van der Waals surface area contributed by atoms with Crippen molar-refractivity contribution in [2.24, 2.45) is 0 Å². The molecule has 0 bridgehead atoms. The summed E-state index contributed by atoms with van der Waals surface area (Å²) in [6.07, 6.45) is 2.54. The fourth-order valence-corrected chi connectivity index (χ4v) is 3.92. The molecule has 0 fully saturated rings. The van der Waals surface area contributed by atoms with Crippen LogP contribution in [0.2, 0.25) is 0 Å². The Labute approximate surface area is 133 Å². The standard InChI is InChI=1S/C13H11BrN4S2/c1-2-11-17-13(20-18-11)19-12-8-5-7(14)3-4-10(8)16-6-9(12)15/h3-6H,2,15H2,1H3. The number of fused-ring (bicyclic) bond motifs is 1. The van der Waals surface area contributed by atoms with E-state index in [2.05, 4.69) is 30.3 Å². The third-order valence-corrected chi connectivity index (χ3v) is 5.21. The van der Waals surface area contributed by atoms with Gasteiger partial charge < -0.3 is 5.73 Å². The Balaban J connectivity index is 2.09. The van der Waals surface area contributed by atoms with Gasteiger partial charge in [0.2, 0.25) is 0 Å². The van der Waals surface area contributed by atoms with Crippen molar-refractivity contribution >= 4 is 55.8 Å². The van der Waals surface area contributed by atoms with E-state index in [9.17, 15) is 0 Å². The molecule has 0 radical (unpaired) electrons. The first kappa shape index (κ1) is 13.8. The third-order valence-electron chi connectivity index (χ3n) is 2.76. The summed E-state index contributed by atoms with van der Waals surface area (Å²) >= 11 is 6.44. The maximum atomic E-state index is 6.08. The van der Waals surface area contributed by atoms with Crippen LogP contribution in [0.4, 0.5) is 5.69 Å². The van der Waals surface area contributed by atoms with E-state index >= 15 is 0 Å². The molecule has 1 aromatic carbocycles. The van der Waals surface area contributed by atoms with Gasteiger partial charge in [0.1, 0.15) is 5.82 Å². The lowest BCUT2D eigenvalue weighted by atomic mass is 10.2. The minimum absolute atomic E-state index is 0.661. The number of nitrogens with zero attached hydrogens (tertiary/aromatic N) is 3. The Morgan fingerprint density at radius 1 is 1.40 bits per heavy atom. The Morgan fingerprint density at radius 2 is 2.25 bits per heavy atom. The van der Waals surface area contributed by atoms with Gasteiger partial charge in [-0.3, -0.25) is 4.98 Å². The molecule has 3 aromatic rings. The second-order valence-electron chi connectivity index (χ2n) is 4.14. The van der Waals surface area contributed by atoms with Crippen LogP contribution < -0.4 is 5.73 Å². The van der Waals surface area contributed by atoms with Crippen LogP contribution in [0.1, 0.15) is 12.7 Å². The van der Waals surface area contributed by atoms with Crippen molar-refractivity contribution in [3.8, 4) is 0 Å². The predicted molar refractivity (Wildman–Crippen MR) is 87.3 cm³/mol. The molecular formula is C13H11BrN4S2. The molecule has 0 saturated carbocycles. The molecular weight excluding hydrogens is 356 g/mol. The molecule has 0 aliphatic carbocycles. The molecule has 3 rings (SSSR count). The summed E-state index contributed by atoms with van der Waals surface area (Å²) in [6, 6.07) is 5.98. The molecule has 0 unspecified atom stereocenters. The van der Waals surface area contributed by atoms with Crippen LogP contribution in [0, 0.1) is 0 Å². The molecule has 0 spiro atoms. The van der Waals surface area contributed by atoms with Crippen molar-refractivity contribution in [1.82, 2.24) is 14.3 Å². The number of nitrogens with two attached hydrogens (primary N) is 1. The summed E-state index contributed by atoms with van der Waals surface area (Å²) in [5.74, 6) is 0.871. The van der Waals surface area contributed by atoms with Crippen LogP contribution in [0.25, 0.3) is 10.9 Å². The number of aromatic nitrogens is 3. The quantitative estimate of drug-likeness (QED) is 0.754. The van der Waals surface area contributed by atoms with Crippen LogP contribution in [-0.2, 0) is 6.42 Å². The van der Waals surface area contributed by atoms with Gasteiger partial charge in [-0.25, -0.2) is 4.98 Å². The Kier molecular flexibility index (Phi) is 3.91. The van der Waals surface area contributed by atoms with E-state index in [0.29, 0.717) is 5.69 Å². The lowest BCUT2D eigenvalue weighted by Gasteiger charge is -2.07. The Bertz CT molecular complexity index is 767. The van der Waals surface area contributed by atoms with Crippen molar-refractivity contribution in [1.29, 1.82) is 0 Å². The van der Waals surface area contributed by atoms with Gasteiger partial charge in [-0.2, -0.15) is 4.37 Å². The summed E-state index contributed by atoms with van der Waals surface area (Å²) in [7, 11) is 0. The molecule has 4 nitrogen and oxygen atoms in total. The second kappa shape index (κ2) is 5.67. The summed E-state index contributed by atoms with van der Waals surface area (Å²) in [6.45, 7) is 2.05. The van der Waals surface area contributed by atoms with Crippen molar-refractivity contribution < 1.29 is 0 Å². The lowest BCUT2D eigenvalue weighted by molar-refractivity contribution is 0.972. The highest BCUT2D eigenvalue weighted by Gasteiger charge is 2.12. The molecule has 0 atom stereocenters. The largest absolute Gasteiger partial charge is 0.397 e. The van der Waals surface area contributed by atoms with Gasteiger partial charge in [-0.05, 0) is 29.7 Å². The zero-order chi connectivity index (χ0) is 14.1. The number of hydrogen-bond donors (Lipinski definition) is 1. The first-order chi connectivity index (χ1) is 9.67. The zero-order valence-electron chi connectivity index (χ0n) is 10.6. The van der Waals surface area contributed by atoms with Gasteiger partial charge in [0.05, 0.1) is 17.4 Å². The number of hydrogen-bond acceptors (Lipinski definition) is 6. The fourth-order valence-electron chi connectivity index (χ4n) is 1.78. The summed E-state index contributed by atoms with van der Waals surface area (Å²) in [4.78, 5) is 9.81. The van der Waals surface area contributed by atoms with Gasteiger partial charge in [-0.15, -0.1) is 0 Å². The minimum Gasteiger partial charge on any atom is -0.397 e. The molecule has 0 amide bonds. The van der Waals surface area contributed by atoms with Gasteiger partial charge in [0.25, 0.3) is 0 Å². The van der Waals surface area contributed by atoms with Gasteiger partial charge in [-0.1, -0.05) is 34.6 Å². The SMILES string of the molecule is CCc1nsc(Sc2c(N)cnc3ccc(Br)cc23)n1. The van der Waals surface area contributed by atoms with E-state index in [4.69, 9.17) is 5.73 Å². The van der Waals surface area contributed by atoms with E-state index in [0.717, 1.165) is 36.9 Å². The topological polar surface area (TPSA) is 64.7 Å². The first-order valence-corrected chi connectivity index (χ1v) is 8.40. The van der Waals surface area contributed by atoms with Crippen molar-refractivity contribution in [3.63, 3.8) is 0 Å². The van der Waals surface area contributed by atoms with Crippen molar-refractivity contribution in [2.75, 3.05) is 5.73 Å². The average molecular weight is 367 g/mol. The molecule has 2 N–H and O–H groups in total. The number of pyridine rings is 1. The predicted octanol–water partition coefficient (Wildman–Crippen LogP) is 4.14. The van der Waals surface area contributed by atoms with E-state index in [1.807, 2.05) is 25.1 Å². The van der Waals surface area contributed by atoms with E-state index in [1.165, 1.54) is 11.5 Å². The second-order valence-corrected chi connectivity index (χ2v) is 7.06. The zero-order valence-corrected chi connectivity index (χ0v) is 13.8. The smallest absolute Gasteiger partial charge is 0.174 e. The van der Waals surface area contributed by atoms with Crippen LogP contribution in [-0.4, -0.2) is 14.3 Å². The molecule has 2 heterocycles. The molecule has 7 heteroatoms. The molecule has 2 aromatic heterocycles. The summed E-state index contributed by atoms with van der Waals surface area (Å²) in [5, 5.41) is 1.03. The highest BCUT2D eigenvalue weighted by molar-refractivity contribution is 9.10. The number of rotatable bonds is 3. The number of anilines is 1. The minimum atomic E-state index is 0.661. The van der Waals surface area contributed by atoms with Gasteiger partial charge >= 0.3 is 0 Å². The lowest BCUT2D eigenvalue weighted by Crippen LogP contribution is -1.92. The number of nitrogen functional groups attached to an aromatic ring is 1. The Hall–Kier alpha value is -1.18. The molecule has 0 saturated heterocycles. The third kappa shape index (κ3) is 2.65. The van der Waals surface area contributed by atoms with Gasteiger partial charge in [0.15, 0.2) is 4.34 Å². The van der Waals surface area contributed by atoms with Crippen LogP contribution in [0.5, 0.6) is 0 Å².